The van der Waals surface area contributed by atoms with Crippen LogP contribution in [0.15, 0.2) is 49.1 Å². The van der Waals surface area contributed by atoms with Gasteiger partial charge in [-0.05, 0) is 70.3 Å². The zero-order valence-electron chi connectivity index (χ0n) is 18.6. The summed E-state index contributed by atoms with van der Waals surface area (Å²) in [5.41, 5.74) is 2.60. The molecule has 0 radical (unpaired) electrons. The minimum atomic E-state index is 0.169. The molecule has 2 aliphatic heterocycles. The fourth-order valence-electron chi connectivity index (χ4n) is 5.56. The molecule has 5 rings (SSSR count). The quantitative estimate of drug-likeness (QED) is 0.664. The maximum Gasteiger partial charge on any atom is 0.148 e. The standard InChI is InChI=1S/C24H30N6O/c1-16-20(14-23(2)9-10-24(16,3)29(23)4)26-22-8-7-19(27-28-22)18-6-5-17(13-21(18)31)30-12-11-25-15-30/h5-8,11-13,15-16,20,31H,9-10,14H2,1-4H3,(H,26,28). The van der Waals surface area contributed by atoms with Gasteiger partial charge < -0.3 is 15.0 Å². The van der Waals surface area contributed by atoms with Gasteiger partial charge in [0.05, 0.1) is 17.7 Å². The molecule has 3 aromatic rings. The van der Waals surface area contributed by atoms with Gasteiger partial charge in [-0.15, -0.1) is 10.2 Å². The molecule has 2 fully saturated rings. The fraction of sp³-hybridized carbons (Fsp3) is 0.458. The first-order valence-electron chi connectivity index (χ1n) is 11.0. The van der Waals surface area contributed by atoms with Crippen molar-refractivity contribution >= 4 is 5.82 Å². The number of nitrogens with one attached hydrogen (secondary N) is 1. The van der Waals surface area contributed by atoms with E-state index in [9.17, 15) is 5.11 Å². The van der Waals surface area contributed by atoms with Crippen LogP contribution in [0.5, 0.6) is 5.75 Å². The van der Waals surface area contributed by atoms with E-state index in [0.29, 0.717) is 23.2 Å². The van der Waals surface area contributed by atoms with Gasteiger partial charge in [0.25, 0.3) is 0 Å². The zero-order valence-corrected chi connectivity index (χ0v) is 18.6. The van der Waals surface area contributed by atoms with Crippen molar-refractivity contribution in [2.75, 3.05) is 12.4 Å². The first-order chi connectivity index (χ1) is 14.8. The molecule has 31 heavy (non-hydrogen) atoms. The number of phenolic OH excluding ortho intramolecular Hbond substituents is 1. The Hall–Kier alpha value is -2.93. The maximum absolute atomic E-state index is 10.5. The maximum atomic E-state index is 10.5. The van der Waals surface area contributed by atoms with Gasteiger partial charge in [-0.25, -0.2) is 4.98 Å². The molecule has 162 valence electrons. The molecule has 0 aliphatic carbocycles. The Kier molecular flexibility index (Phi) is 4.55. The van der Waals surface area contributed by atoms with E-state index in [1.165, 1.54) is 12.8 Å². The van der Waals surface area contributed by atoms with Gasteiger partial charge in [-0.3, -0.25) is 4.90 Å². The number of fused-ring (bicyclic) bond motifs is 2. The van der Waals surface area contributed by atoms with Crippen molar-refractivity contribution in [1.29, 1.82) is 0 Å². The Morgan fingerprint density at radius 3 is 2.65 bits per heavy atom. The lowest BCUT2D eigenvalue weighted by molar-refractivity contribution is -0.00803. The highest BCUT2D eigenvalue weighted by Crippen LogP contribution is 2.52. The number of anilines is 1. The third-order valence-electron chi connectivity index (χ3n) is 8.05. The van der Waals surface area contributed by atoms with E-state index in [1.807, 2.05) is 35.0 Å². The molecule has 0 spiro atoms. The Labute approximate surface area is 183 Å². The molecular formula is C24H30N6O. The van der Waals surface area contributed by atoms with E-state index in [1.54, 1.807) is 18.6 Å². The van der Waals surface area contributed by atoms with Crippen molar-refractivity contribution in [1.82, 2.24) is 24.6 Å². The van der Waals surface area contributed by atoms with Gasteiger partial charge >= 0.3 is 0 Å². The third-order valence-corrected chi connectivity index (χ3v) is 8.05. The Morgan fingerprint density at radius 2 is 1.97 bits per heavy atom. The van der Waals surface area contributed by atoms with Gasteiger partial charge in [-0.2, -0.15) is 0 Å². The number of piperidine rings is 1. The van der Waals surface area contributed by atoms with Crippen LogP contribution in [0.1, 0.15) is 40.0 Å². The third kappa shape index (κ3) is 3.19. The summed E-state index contributed by atoms with van der Waals surface area (Å²) in [5.74, 6) is 1.46. The highest BCUT2D eigenvalue weighted by molar-refractivity contribution is 5.69. The van der Waals surface area contributed by atoms with Crippen LogP contribution in [0.25, 0.3) is 16.9 Å². The summed E-state index contributed by atoms with van der Waals surface area (Å²) >= 11 is 0. The molecule has 0 saturated carbocycles. The summed E-state index contributed by atoms with van der Waals surface area (Å²) in [6.07, 6.45) is 8.82. The zero-order chi connectivity index (χ0) is 21.8. The molecule has 7 heteroatoms. The molecule has 2 N–H and O–H groups in total. The average molecular weight is 419 g/mol. The normalized spacial score (nSPS) is 30.5. The van der Waals surface area contributed by atoms with Gasteiger partial charge in [0.15, 0.2) is 0 Å². The van der Waals surface area contributed by atoms with Crippen molar-refractivity contribution in [3.05, 3.63) is 49.1 Å². The predicted molar refractivity (Wildman–Crippen MR) is 121 cm³/mol. The van der Waals surface area contributed by atoms with E-state index in [4.69, 9.17) is 0 Å². The van der Waals surface area contributed by atoms with Crippen LogP contribution in [-0.4, -0.2) is 53.9 Å². The Morgan fingerprint density at radius 1 is 1.13 bits per heavy atom. The van der Waals surface area contributed by atoms with Gasteiger partial charge in [0.1, 0.15) is 11.6 Å². The number of phenols is 1. The number of aromatic nitrogens is 4. The predicted octanol–water partition coefficient (Wildman–Crippen LogP) is 4.10. The summed E-state index contributed by atoms with van der Waals surface area (Å²) in [7, 11) is 2.28. The van der Waals surface area contributed by atoms with Crippen molar-refractivity contribution < 1.29 is 5.11 Å². The second-order valence-electron chi connectivity index (χ2n) is 9.63. The topological polar surface area (TPSA) is 79.1 Å². The summed E-state index contributed by atoms with van der Waals surface area (Å²) < 4.78 is 1.85. The van der Waals surface area contributed by atoms with Crippen molar-refractivity contribution in [3.63, 3.8) is 0 Å². The Bertz CT molecular complexity index is 1080. The summed E-state index contributed by atoms with van der Waals surface area (Å²) in [5, 5.41) is 23.0. The first-order valence-corrected chi connectivity index (χ1v) is 11.0. The van der Waals surface area contributed by atoms with Crippen LogP contribution < -0.4 is 5.32 Å². The van der Waals surface area contributed by atoms with Crippen LogP contribution >= 0.6 is 0 Å². The van der Waals surface area contributed by atoms with Crippen LogP contribution in [0, 0.1) is 5.92 Å². The van der Waals surface area contributed by atoms with Crippen LogP contribution in [0.3, 0.4) is 0 Å². The van der Waals surface area contributed by atoms with Crippen molar-refractivity contribution in [3.8, 4) is 22.7 Å². The molecule has 1 aromatic carbocycles. The molecule has 2 aromatic heterocycles. The largest absolute Gasteiger partial charge is 0.507 e. The minimum Gasteiger partial charge on any atom is -0.507 e. The smallest absolute Gasteiger partial charge is 0.148 e. The Balaban J connectivity index is 1.34. The lowest BCUT2D eigenvalue weighted by Gasteiger charge is -2.53. The molecular weight excluding hydrogens is 388 g/mol. The number of hydrogen-bond donors (Lipinski definition) is 2. The van der Waals surface area contributed by atoms with Crippen LogP contribution in [-0.2, 0) is 0 Å². The summed E-state index contributed by atoms with van der Waals surface area (Å²) in [6, 6.07) is 9.74. The highest BCUT2D eigenvalue weighted by Gasteiger charge is 2.57. The lowest BCUT2D eigenvalue weighted by atomic mass is 9.74. The van der Waals surface area contributed by atoms with Crippen molar-refractivity contribution in [2.24, 2.45) is 5.92 Å². The molecule has 2 saturated heterocycles. The second kappa shape index (κ2) is 7.05. The van der Waals surface area contributed by atoms with E-state index in [-0.39, 0.29) is 16.8 Å². The molecule has 4 heterocycles. The number of imidazole rings is 1. The molecule has 4 unspecified atom stereocenters. The highest BCUT2D eigenvalue weighted by atomic mass is 16.3. The summed E-state index contributed by atoms with van der Waals surface area (Å²) in [6.45, 7) is 7.12. The average Bonchev–Trinajstić information content (AvgIpc) is 3.35. The van der Waals surface area contributed by atoms with Crippen LogP contribution in [0.2, 0.25) is 0 Å². The van der Waals surface area contributed by atoms with E-state index in [2.05, 4.69) is 53.2 Å². The molecule has 2 aliphatic rings. The van der Waals surface area contributed by atoms with E-state index < -0.39 is 0 Å². The van der Waals surface area contributed by atoms with E-state index in [0.717, 1.165) is 17.9 Å². The van der Waals surface area contributed by atoms with Gasteiger partial charge in [0, 0.05) is 41.1 Å². The SMILES string of the molecule is CC1C(Nc2ccc(-c3ccc(-n4ccnc4)cc3O)nn2)CC2(C)CCC1(C)N2C. The number of aromatic hydroxyl groups is 1. The first kappa shape index (κ1) is 20.0. The molecule has 4 atom stereocenters. The number of rotatable bonds is 4. The van der Waals surface area contributed by atoms with Gasteiger partial charge in [-0.1, -0.05) is 6.92 Å². The monoisotopic (exact) mass is 418 g/mol. The fourth-order valence-corrected chi connectivity index (χ4v) is 5.56. The summed E-state index contributed by atoms with van der Waals surface area (Å²) in [4.78, 5) is 6.64. The lowest BCUT2D eigenvalue weighted by Crippen LogP contribution is -2.62. The number of hydrogen-bond acceptors (Lipinski definition) is 6. The number of benzene rings is 1. The van der Waals surface area contributed by atoms with E-state index >= 15 is 0 Å². The molecule has 0 amide bonds. The van der Waals surface area contributed by atoms with Crippen molar-refractivity contribution in [2.45, 2.75) is 57.2 Å². The van der Waals surface area contributed by atoms with Crippen LogP contribution in [0.4, 0.5) is 5.82 Å². The minimum absolute atomic E-state index is 0.169. The second-order valence-corrected chi connectivity index (χ2v) is 9.63. The molecule has 7 nitrogen and oxygen atoms in total. The molecule has 2 bridgehead atoms. The van der Waals surface area contributed by atoms with Gasteiger partial charge in [0.2, 0.25) is 0 Å². The number of nitrogens with zero attached hydrogens (tertiary/aromatic N) is 5.